The van der Waals surface area contributed by atoms with E-state index in [-0.39, 0.29) is 11.7 Å². The number of para-hydroxylation sites is 2. The summed E-state index contributed by atoms with van der Waals surface area (Å²) in [6, 6.07) is 14.7. The van der Waals surface area contributed by atoms with Gasteiger partial charge in [-0.3, -0.25) is 9.59 Å². The predicted molar refractivity (Wildman–Crippen MR) is 122 cm³/mol. The number of methoxy groups -OCH3 is 1. The SMILES string of the molecule is COc1ccccc1C(=O)NC(CO)c1nnc(SCC(=O)Nc2ccccc2C#N)n1C. The average Bonchev–Trinajstić information content (AvgIpc) is 3.21. The van der Waals surface area contributed by atoms with Gasteiger partial charge in [-0.25, -0.2) is 0 Å². The van der Waals surface area contributed by atoms with Crippen molar-refractivity contribution in [2.24, 2.45) is 7.05 Å². The van der Waals surface area contributed by atoms with Gasteiger partial charge in [0, 0.05) is 7.05 Å². The standard InChI is InChI=1S/C22H22N6O4S/c1-28-20(17(12-29)25-21(31)15-8-4-6-10-18(15)32-2)26-27-22(28)33-13-19(30)24-16-9-5-3-7-14(16)11-23/h3-10,17,29H,12-13H2,1-2H3,(H,24,30)(H,25,31). The molecule has 10 nitrogen and oxygen atoms in total. The normalized spacial score (nSPS) is 11.3. The van der Waals surface area contributed by atoms with Crippen molar-refractivity contribution < 1.29 is 19.4 Å². The lowest BCUT2D eigenvalue weighted by Gasteiger charge is -2.17. The van der Waals surface area contributed by atoms with Gasteiger partial charge in [0.25, 0.3) is 5.91 Å². The van der Waals surface area contributed by atoms with Gasteiger partial charge in [0.1, 0.15) is 17.9 Å². The molecule has 3 N–H and O–H groups in total. The van der Waals surface area contributed by atoms with Crippen molar-refractivity contribution in [2.75, 3.05) is 24.8 Å². The number of aliphatic hydroxyl groups is 1. The fraction of sp³-hybridized carbons (Fsp3) is 0.227. The molecule has 0 saturated heterocycles. The van der Waals surface area contributed by atoms with E-state index in [0.29, 0.717) is 33.5 Å². The van der Waals surface area contributed by atoms with E-state index in [1.165, 1.54) is 7.11 Å². The molecule has 3 aromatic rings. The summed E-state index contributed by atoms with van der Waals surface area (Å²) in [5, 5.41) is 33.0. The Labute approximate surface area is 194 Å². The molecule has 0 aliphatic heterocycles. The van der Waals surface area contributed by atoms with Crippen LogP contribution in [0.15, 0.2) is 53.7 Å². The Hall–Kier alpha value is -3.88. The van der Waals surface area contributed by atoms with Crippen molar-refractivity contribution in [3.05, 3.63) is 65.5 Å². The fourth-order valence-electron chi connectivity index (χ4n) is 3.02. The van der Waals surface area contributed by atoms with E-state index < -0.39 is 18.6 Å². The molecule has 0 aliphatic carbocycles. The number of aromatic nitrogens is 3. The fourth-order valence-corrected chi connectivity index (χ4v) is 3.74. The molecule has 11 heteroatoms. The largest absolute Gasteiger partial charge is 0.496 e. The second kappa shape index (κ2) is 11.1. The van der Waals surface area contributed by atoms with Crippen LogP contribution in [0.25, 0.3) is 0 Å². The summed E-state index contributed by atoms with van der Waals surface area (Å²) in [4.78, 5) is 25.0. The summed E-state index contributed by atoms with van der Waals surface area (Å²) >= 11 is 1.14. The van der Waals surface area contributed by atoms with Crippen molar-refractivity contribution in [3.8, 4) is 11.8 Å². The van der Waals surface area contributed by atoms with Gasteiger partial charge in [0.2, 0.25) is 5.91 Å². The van der Waals surface area contributed by atoms with Crippen LogP contribution in [-0.4, -0.2) is 51.2 Å². The number of nitrogens with one attached hydrogen (secondary N) is 2. The molecule has 0 saturated carbocycles. The Morgan fingerprint density at radius 1 is 1.21 bits per heavy atom. The molecule has 1 aromatic heterocycles. The maximum atomic E-state index is 12.7. The van der Waals surface area contributed by atoms with Crippen molar-refractivity contribution in [1.29, 1.82) is 5.26 Å². The average molecular weight is 467 g/mol. The van der Waals surface area contributed by atoms with E-state index in [9.17, 15) is 14.7 Å². The van der Waals surface area contributed by atoms with Crippen LogP contribution in [0.3, 0.4) is 0 Å². The first-order valence-electron chi connectivity index (χ1n) is 9.84. The lowest BCUT2D eigenvalue weighted by molar-refractivity contribution is -0.113. The molecule has 33 heavy (non-hydrogen) atoms. The number of aliphatic hydroxyl groups excluding tert-OH is 1. The minimum Gasteiger partial charge on any atom is -0.496 e. The van der Waals surface area contributed by atoms with Gasteiger partial charge in [-0.15, -0.1) is 10.2 Å². The molecule has 2 amide bonds. The highest BCUT2D eigenvalue weighted by atomic mass is 32.2. The van der Waals surface area contributed by atoms with Crippen LogP contribution in [-0.2, 0) is 11.8 Å². The first-order valence-corrected chi connectivity index (χ1v) is 10.8. The highest BCUT2D eigenvalue weighted by Crippen LogP contribution is 2.22. The monoisotopic (exact) mass is 466 g/mol. The number of carbonyl (C=O) groups excluding carboxylic acids is 2. The van der Waals surface area contributed by atoms with Crippen LogP contribution >= 0.6 is 11.8 Å². The van der Waals surface area contributed by atoms with E-state index in [4.69, 9.17) is 10.00 Å². The predicted octanol–water partition coefficient (Wildman–Crippen LogP) is 1.89. The number of nitriles is 1. The molecule has 0 spiro atoms. The number of amides is 2. The summed E-state index contributed by atoms with van der Waals surface area (Å²) < 4.78 is 6.81. The topological polar surface area (TPSA) is 142 Å². The third kappa shape index (κ3) is 5.68. The van der Waals surface area contributed by atoms with Crippen LogP contribution in [0.4, 0.5) is 5.69 Å². The number of rotatable bonds is 9. The molecule has 2 aromatic carbocycles. The third-order valence-corrected chi connectivity index (χ3v) is 5.69. The first kappa shape index (κ1) is 23.8. The number of thioether (sulfide) groups is 1. The van der Waals surface area contributed by atoms with E-state index >= 15 is 0 Å². The van der Waals surface area contributed by atoms with Crippen molar-refractivity contribution in [2.45, 2.75) is 11.2 Å². The maximum Gasteiger partial charge on any atom is 0.255 e. The van der Waals surface area contributed by atoms with Crippen molar-refractivity contribution >= 4 is 29.3 Å². The van der Waals surface area contributed by atoms with Gasteiger partial charge in [0.15, 0.2) is 11.0 Å². The van der Waals surface area contributed by atoms with Crippen LogP contribution in [0.5, 0.6) is 5.75 Å². The molecule has 0 radical (unpaired) electrons. The molecular weight excluding hydrogens is 444 g/mol. The lowest BCUT2D eigenvalue weighted by atomic mass is 10.1. The Morgan fingerprint density at radius 2 is 1.94 bits per heavy atom. The molecule has 170 valence electrons. The number of benzene rings is 2. The van der Waals surface area contributed by atoms with Gasteiger partial charge < -0.3 is 25.0 Å². The molecule has 3 rings (SSSR count). The molecule has 0 bridgehead atoms. The van der Waals surface area contributed by atoms with E-state index in [0.717, 1.165) is 11.8 Å². The van der Waals surface area contributed by atoms with Crippen LogP contribution in [0.2, 0.25) is 0 Å². The highest BCUT2D eigenvalue weighted by Gasteiger charge is 2.23. The first-order chi connectivity index (χ1) is 16.0. The van der Waals surface area contributed by atoms with Crippen LogP contribution < -0.4 is 15.4 Å². The summed E-state index contributed by atoms with van der Waals surface area (Å²) in [6.07, 6.45) is 0. The number of anilines is 1. The quantitative estimate of drug-likeness (QED) is 0.406. The van der Waals surface area contributed by atoms with E-state index in [1.54, 1.807) is 60.1 Å². The Morgan fingerprint density at radius 3 is 2.67 bits per heavy atom. The molecule has 1 unspecified atom stereocenters. The molecule has 1 heterocycles. The van der Waals surface area contributed by atoms with E-state index in [2.05, 4.69) is 20.8 Å². The second-order valence-electron chi connectivity index (χ2n) is 6.80. The van der Waals surface area contributed by atoms with Gasteiger partial charge in [-0.1, -0.05) is 36.0 Å². The summed E-state index contributed by atoms with van der Waals surface area (Å²) in [5.41, 5.74) is 1.13. The lowest BCUT2D eigenvalue weighted by Crippen LogP contribution is -2.32. The van der Waals surface area contributed by atoms with Crippen LogP contribution in [0.1, 0.15) is 27.8 Å². The van der Waals surface area contributed by atoms with Crippen molar-refractivity contribution in [1.82, 2.24) is 20.1 Å². The highest BCUT2D eigenvalue weighted by molar-refractivity contribution is 7.99. The molecule has 1 atom stereocenters. The number of carbonyl (C=O) groups is 2. The van der Waals surface area contributed by atoms with Crippen molar-refractivity contribution in [3.63, 3.8) is 0 Å². The molecule has 0 fully saturated rings. The van der Waals surface area contributed by atoms with Gasteiger partial charge in [-0.05, 0) is 24.3 Å². The number of hydrogen-bond donors (Lipinski definition) is 3. The zero-order chi connectivity index (χ0) is 23.8. The Balaban J connectivity index is 1.65. The summed E-state index contributed by atoms with van der Waals surface area (Å²) in [7, 11) is 3.15. The third-order valence-electron chi connectivity index (χ3n) is 4.67. The Bertz CT molecular complexity index is 1190. The zero-order valence-electron chi connectivity index (χ0n) is 18.0. The van der Waals surface area contributed by atoms with Gasteiger partial charge in [0.05, 0.1) is 36.3 Å². The minimum absolute atomic E-state index is 0.0309. The van der Waals surface area contributed by atoms with Gasteiger partial charge in [-0.2, -0.15) is 5.26 Å². The van der Waals surface area contributed by atoms with E-state index in [1.807, 2.05) is 6.07 Å². The van der Waals surface area contributed by atoms with Gasteiger partial charge >= 0.3 is 0 Å². The summed E-state index contributed by atoms with van der Waals surface area (Å²) in [5.74, 6) is 0.0290. The molecule has 0 aliphatic rings. The number of ether oxygens (including phenoxy) is 1. The smallest absolute Gasteiger partial charge is 0.255 e. The van der Waals surface area contributed by atoms with Crippen LogP contribution in [0, 0.1) is 11.3 Å². The number of hydrogen-bond acceptors (Lipinski definition) is 8. The molecular formula is C22H22N6O4S. The maximum absolute atomic E-state index is 12.7. The number of nitrogens with zero attached hydrogens (tertiary/aromatic N) is 4. The summed E-state index contributed by atoms with van der Waals surface area (Å²) in [6.45, 7) is -0.400. The Kier molecular flexibility index (Phi) is 8.01. The minimum atomic E-state index is -0.814. The second-order valence-corrected chi connectivity index (χ2v) is 7.75. The zero-order valence-corrected chi connectivity index (χ0v) is 18.8.